The second-order valence-corrected chi connectivity index (χ2v) is 8.34. The maximum Gasteiger partial charge on any atom is 0.200 e. The normalized spacial score (nSPS) is 22.0. The summed E-state index contributed by atoms with van der Waals surface area (Å²) in [6.07, 6.45) is 3.41. The lowest BCUT2D eigenvalue weighted by Gasteiger charge is -2.49. The van der Waals surface area contributed by atoms with Gasteiger partial charge in [0.15, 0.2) is 11.6 Å². The highest BCUT2D eigenvalue weighted by atomic mass is 19.2. The van der Waals surface area contributed by atoms with Crippen molar-refractivity contribution in [3.05, 3.63) is 52.6 Å². The molecule has 0 aromatic heterocycles. The average Bonchev–Trinajstić information content (AvgIpc) is 2.76. The van der Waals surface area contributed by atoms with Gasteiger partial charge in [-0.2, -0.15) is 4.39 Å². The van der Waals surface area contributed by atoms with Crippen molar-refractivity contribution in [2.24, 2.45) is 0 Å². The lowest BCUT2D eigenvalue weighted by atomic mass is 9.86. The van der Waals surface area contributed by atoms with E-state index in [9.17, 15) is 8.78 Å². The zero-order valence-corrected chi connectivity index (χ0v) is 18.2. The van der Waals surface area contributed by atoms with Crippen LogP contribution in [0.15, 0.2) is 24.3 Å². The number of ether oxygens (including phenoxy) is 2. The number of halogens is 2. The van der Waals surface area contributed by atoms with E-state index in [-0.39, 0.29) is 5.75 Å². The highest BCUT2D eigenvalue weighted by Crippen LogP contribution is 2.40. The molecule has 0 radical (unpaired) electrons. The van der Waals surface area contributed by atoms with Gasteiger partial charge in [0.1, 0.15) is 5.75 Å². The van der Waals surface area contributed by atoms with E-state index < -0.39 is 11.6 Å². The number of fused-ring (bicyclic) bond motifs is 1. The Morgan fingerprint density at radius 2 is 1.70 bits per heavy atom. The van der Waals surface area contributed by atoms with E-state index in [4.69, 9.17) is 9.47 Å². The van der Waals surface area contributed by atoms with Crippen LogP contribution in [0, 0.1) is 25.5 Å². The van der Waals surface area contributed by atoms with Crippen LogP contribution in [0.2, 0.25) is 0 Å². The van der Waals surface area contributed by atoms with Gasteiger partial charge in [-0.3, -0.25) is 4.90 Å². The van der Waals surface area contributed by atoms with E-state index in [0.29, 0.717) is 17.8 Å². The fourth-order valence-electron chi connectivity index (χ4n) is 5.10. The van der Waals surface area contributed by atoms with Gasteiger partial charge in [0, 0.05) is 49.5 Å². The third-order valence-corrected chi connectivity index (χ3v) is 6.87. The molecule has 0 bridgehead atoms. The Hall–Kier alpha value is -2.34. The lowest BCUT2D eigenvalue weighted by molar-refractivity contribution is 0.0712. The van der Waals surface area contributed by atoms with Crippen LogP contribution in [0.1, 0.15) is 42.0 Å². The molecule has 2 heterocycles. The van der Waals surface area contributed by atoms with Crippen molar-refractivity contribution in [1.82, 2.24) is 4.90 Å². The van der Waals surface area contributed by atoms with E-state index in [1.807, 2.05) is 0 Å². The molecule has 30 heavy (non-hydrogen) atoms. The van der Waals surface area contributed by atoms with Crippen LogP contribution >= 0.6 is 0 Å². The van der Waals surface area contributed by atoms with Crippen molar-refractivity contribution in [1.29, 1.82) is 0 Å². The van der Waals surface area contributed by atoms with Crippen LogP contribution in [-0.4, -0.2) is 44.8 Å². The highest BCUT2D eigenvalue weighted by Gasteiger charge is 2.36. The van der Waals surface area contributed by atoms with Crippen molar-refractivity contribution < 1.29 is 18.3 Å². The molecule has 0 aliphatic carbocycles. The first-order valence-electron chi connectivity index (χ1n) is 10.6. The summed E-state index contributed by atoms with van der Waals surface area (Å²) >= 11 is 0. The largest absolute Gasteiger partial charge is 0.496 e. The van der Waals surface area contributed by atoms with E-state index in [1.165, 1.54) is 29.9 Å². The number of rotatable bonds is 4. The Morgan fingerprint density at radius 3 is 2.43 bits per heavy atom. The lowest BCUT2D eigenvalue weighted by Crippen LogP contribution is -2.56. The molecule has 4 rings (SSSR count). The molecular weight excluding hydrogens is 386 g/mol. The molecule has 2 aliphatic heterocycles. The standard InChI is InChI=1S/C24H30F2N2O2/c1-15-16(2)22(29-3)9-8-19(15)21-7-5-6-17-14-27(10-11-28(17)21)18-12-20(25)24(26)23(13-18)30-4/h8-9,12-13,17,21H,5-7,10-11,14H2,1-4H3/t17?,21-/m1/s1. The van der Waals surface area contributed by atoms with E-state index >= 15 is 0 Å². The topological polar surface area (TPSA) is 24.9 Å². The molecule has 162 valence electrons. The summed E-state index contributed by atoms with van der Waals surface area (Å²) in [5.74, 6) is -0.903. The van der Waals surface area contributed by atoms with Crippen LogP contribution in [0.25, 0.3) is 0 Å². The zero-order valence-electron chi connectivity index (χ0n) is 18.2. The Labute approximate surface area is 177 Å². The molecular formula is C24H30F2N2O2. The Balaban J connectivity index is 1.57. The number of anilines is 1. The summed E-state index contributed by atoms with van der Waals surface area (Å²) in [6.45, 7) is 6.77. The number of hydrogen-bond donors (Lipinski definition) is 0. The van der Waals surface area contributed by atoms with Gasteiger partial charge < -0.3 is 14.4 Å². The van der Waals surface area contributed by atoms with Crippen LogP contribution in [0.4, 0.5) is 14.5 Å². The van der Waals surface area contributed by atoms with Crippen LogP contribution < -0.4 is 14.4 Å². The maximum absolute atomic E-state index is 14.0. The minimum atomic E-state index is -0.928. The number of hydrogen-bond acceptors (Lipinski definition) is 4. The summed E-state index contributed by atoms with van der Waals surface area (Å²) in [5, 5.41) is 0. The number of methoxy groups -OCH3 is 2. The molecule has 2 aromatic carbocycles. The van der Waals surface area contributed by atoms with Gasteiger partial charge in [-0.25, -0.2) is 4.39 Å². The number of piperidine rings is 1. The highest BCUT2D eigenvalue weighted by molar-refractivity contribution is 5.53. The zero-order chi connectivity index (χ0) is 21.4. The molecule has 2 aliphatic rings. The first-order valence-corrected chi connectivity index (χ1v) is 10.6. The van der Waals surface area contributed by atoms with Crippen molar-refractivity contribution in [3.63, 3.8) is 0 Å². The molecule has 0 spiro atoms. The van der Waals surface area contributed by atoms with Crippen molar-refractivity contribution >= 4 is 5.69 Å². The van der Waals surface area contributed by atoms with E-state index in [0.717, 1.165) is 44.6 Å². The molecule has 2 atom stereocenters. The third kappa shape index (κ3) is 3.62. The van der Waals surface area contributed by atoms with E-state index in [2.05, 4.69) is 35.8 Å². The maximum atomic E-state index is 14.0. The van der Waals surface area contributed by atoms with Gasteiger partial charge in [0.25, 0.3) is 0 Å². The second-order valence-electron chi connectivity index (χ2n) is 8.34. The smallest absolute Gasteiger partial charge is 0.200 e. The first-order chi connectivity index (χ1) is 14.4. The monoisotopic (exact) mass is 416 g/mol. The van der Waals surface area contributed by atoms with Crippen LogP contribution in [0.3, 0.4) is 0 Å². The quantitative estimate of drug-likeness (QED) is 0.699. The molecule has 2 saturated heterocycles. The van der Waals surface area contributed by atoms with Crippen molar-refractivity contribution in [3.8, 4) is 11.5 Å². The molecule has 6 heteroatoms. The summed E-state index contributed by atoms with van der Waals surface area (Å²) in [5.41, 5.74) is 4.56. The fraction of sp³-hybridized carbons (Fsp3) is 0.500. The summed E-state index contributed by atoms with van der Waals surface area (Å²) in [6, 6.07) is 7.94. The SMILES string of the molecule is COc1ccc([C@H]2CCCC3CN(c4cc(F)c(F)c(OC)c4)CCN32)c(C)c1C. The van der Waals surface area contributed by atoms with Gasteiger partial charge in [-0.05, 0) is 55.9 Å². The Morgan fingerprint density at radius 1 is 0.933 bits per heavy atom. The Bertz CT molecular complexity index is 934. The third-order valence-electron chi connectivity index (χ3n) is 6.87. The first kappa shape index (κ1) is 20.9. The van der Waals surface area contributed by atoms with Crippen molar-refractivity contribution in [2.45, 2.75) is 45.2 Å². The Kier molecular flexibility index (Phi) is 5.87. The minimum absolute atomic E-state index is 0.0433. The average molecular weight is 417 g/mol. The summed E-state index contributed by atoms with van der Waals surface area (Å²) in [7, 11) is 3.08. The summed E-state index contributed by atoms with van der Waals surface area (Å²) in [4.78, 5) is 4.76. The molecule has 0 saturated carbocycles. The van der Waals surface area contributed by atoms with Crippen molar-refractivity contribution in [2.75, 3.05) is 38.8 Å². The van der Waals surface area contributed by atoms with E-state index in [1.54, 1.807) is 13.2 Å². The van der Waals surface area contributed by atoms with Crippen LogP contribution in [-0.2, 0) is 0 Å². The summed E-state index contributed by atoms with van der Waals surface area (Å²) < 4.78 is 38.4. The van der Waals surface area contributed by atoms with Crippen LogP contribution in [0.5, 0.6) is 11.5 Å². The predicted molar refractivity (Wildman–Crippen MR) is 115 cm³/mol. The van der Waals surface area contributed by atoms with Gasteiger partial charge in [-0.15, -0.1) is 0 Å². The fourth-order valence-corrected chi connectivity index (χ4v) is 5.10. The molecule has 0 amide bonds. The van der Waals surface area contributed by atoms with Gasteiger partial charge in [0.05, 0.1) is 14.2 Å². The molecule has 2 aromatic rings. The van der Waals surface area contributed by atoms with Gasteiger partial charge in [0.2, 0.25) is 5.82 Å². The van der Waals surface area contributed by atoms with Gasteiger partial charge >= 0.3 is 0 Å². The molecule has 0 N–H and O–H groups in total. The molecule has 1 unspecified atom stereocenters. The van der Waals surface area contributed by atoms with Gasteiger partial charge in [-0.1, -0.05) is 6.07 Å². The molecule has 2 fully saturated rings. The number of piperazine rings is 1. The number of benzene rings is 2. The second kappa shape index (κ2) is 8.42. The molecule has 4 nitrogen and oxygen atoms in total. The minimum Gasteiger partial charge on any atom is -0.496 e. The number of nitrogens with zero attached hydrogens (tertiary/aromatic N) is 2. The predicted octanol–water partition coefficient (Wildman–Crippen LogP) is 5.01.